The topological polar surface area (TPSA) is 237 Å². The predicted octanol–water partition coefficient (Wildman–Crippen LogP) is 27.3. The van der Waals surface area contributed by atoms with Crippen LogP contribution in [0.1, 0.15) is 472 Å². The molecule has 0 aliphatic carbocycles. The average molecular weight is 1580 g/mol. The Morgan fingerprint density at radius 2 is 0.472 bits per heavy atom. The van der Waals surface area contributed by atoms with Gasteiger partial charge < -0.3 is 33.8 Å². The van der Waals surface area contributed by atoms with Gasteiger partial charge in [-0.05, 0) is 43.4 Å². The van der Waals surface area contributed by atoms with Gasteiger partial charge in [-0.1, -0.05) is 421 Å². The number of aliphatic hydroxyl groups is 1. The fraction of sp³-hybridized carbons (Fsp3) is 0.955. The minimum atomic E-state index is -4.97. The van der Waals surface area contributed by atoms with Crippen molar-refractivity contribution in [3.63, 3.8) is 0 Å². The first-order chi connectivity index (χ1) is 52.3. The number of esters is 4. The van der Waals surface area contributed by atoms with E-state index in [1.807, 2.05) is 0 Å². The summed E-state index contributed by atoms with van der Waals surface area (Å²) >= 11 is 0. The molecular formula is C89H174O17P2. The Bertz CT molecular complexity index is 2080. The van der Waals surface area contributed by atoms with Crippen LogP contribution in [0.4, 0.5) is 0 Å². The Morgan fingerprint density at radius 3 is 0.704 bits per heavy atom. The number of phosphoric acid groups is 2. The van der Waals surface area contributed by atoms with Gasteiger partial charge in [-0.25, -0.2) is 9.13 Å². The Balaban J connectivity index is 5.21. The van der Waals surface area contributed by atoms with Crippen LogP contribution in [0.3, 0.4) is 0 Å². The van der Waals surface area contributed by atoms with Gasteiger partial charge in [0, 0.05) is 25.7 Å². The maximum absolute atomic E-state index is 13.2. The van der Waals surface area contributed by atoms with Gasteiger partial charge in [0.25, 0.3) is 0 Å². The van der Waals surface area contributed by atoms with Crippen molar-refractivity contribution in [3.8, 4) is 0 Å². The molecule has 0 aromatic heterocycles. The lowest BCUT2D eigenvalue weighted by molar-refractivity contribution is -0.161. The number of hydrogen-bond acceptors (Lipinski definition) is 15. The zero-order valence-corrected chi connectivity index (χ0v) is 73.1. The molecule has 0 aromatic carbocycles. The standard InChI is InChI=1S/C89H174O17P2/c1-8-10-11-12-13-14-15-16-25-33-38-43-50-58-65-72-89(94)106-85(77-100-87(92)71-64-57-52-45-47-54-61-68-81(5)6)79-104-108(97,98)102-75-83(90)74-101-107(95,96)103-78-84(76-99-86(91)70-63-56-49-42-37-32-28-23-19-17-21-26-30-35-40-46-53-60-67-80(3)4)105-88(93)73-66-59-51-44-39-34-29-24-20-18-22-27-31-36-41-48-55-62-69-82(7)9-2/h80-85,90H,8-79H2,1-7H3,(H,95,96)(H,97,98)/t82?,83-,84-,85-/m1/s1. The van der Waals surface area contributed by atoms with Crippen molar-refractivity contribution >= 4 is 39.5 Å². The van der Waals surface area contributed by atoms with E-state index in [0.717, 1.165) is 108 Å². The lowest BCUT2D eigenvalue weighted by Gasteiger charge is -2.21. The van der Waals surface area contributed by atoms with E-state index in [2.05, 4.69) is 48.5 Å². The molecule has 0 aliphatic rings. The molecule has 19 heteroatoms. The van der Waals surface area contributed by atoms with E-state index in [0.29, 0.717) is 31.6 Å². The summed E-state index contributed by atoms with van der Waals surface area (Å²) < 4.78 is 68.9. The molecule has 642 valence electrons. The van der Waals surface area contributed by atoms with E-state index in [4.69, 9.17) is 37.0 Å². The zero-order valence-electron chi connectivity index (χ0n) is 71.3. The van der Waals surface area contributed by atoms with E-state index in [1.165, 1.54) is 276 Å². The maximum Gasteiger partial charge on any atom is 0.472 e. The van der Waals surface area contributed by atoms with Gasteiger partial charge in [0.2, 0.25) is 0 Å². The van der Waals surface area contributed by atoms with Crippen LogP contribution in [0.2, 0.25) is 0 Å². The molecule has 0 bridgehead atoms. The monoisotopic (exact) mass is 1580 g/mol. The van der Waals surface area contributed by atoms with Gasteiger partial charge in [0.05, 0.1) is 26.4 Å². The third-order valence-corrected chi connectivity index (χ3v) is 23.1. The van der Waals surface area contributed by atoms with Crippen LogP contribution in [0.25, 0.3) is 0 Å². The second kappa shape index (κ2) is 78.9. The quantitative estimate of drug-likeness (QED) is 0.0222. The van der Waals surface area contributed by atoms with Crippen molar-refractivity contribution in [1.82, 2.24) is 0 Å². The predicted molar refractivity (Wildman–Crippen MR) is 446 cm³/mol. The number of carbonyl (C=O) groups is 4. The molecular weight excluding hydrogens is 1400 g/mol. The van der Waals surface area contributed by atoms with Crippen LogP contribution in [-0.2, 0) is 65.4 Å². The highest BCUT2D eigenvalue weighted by Gasteiger charge is 2.31. The van der Waals surface area contributed by atoms with Gasteiger partial charge in [0.1, 0.15) is 19.3 Å². The minimum absolute atomic E-state index is 0.107. The molecule has 0 heterocycles. The van der Waals surface area contributed by atoms with Crippen molar-refractivity contribution in [2.75, 3.05) is 39.6 Å². The summed E-state index contributed by atoms with van der Waals surface area (Å²) in [5.41, 5.74) is 0. The molecule has 3 unspecified atom stereocenters. The van der Waals surface area contributed by atoms with Crippen LogP contribution >= 0.6 is 15.6 Å². The van der Waals surface area contributed by atoms with Gasteiger partial charge in [-0.2, -0.15) is 0 Å². The molecule has 3 N–H and O–H groups in total. The highest BCUT2D eigenvalue weighted by molar-refractivity contribution is 7.47. The highest BCUT2D eigenvalue weighted by Crippen LogP contribution is 2.45. The third kappa shape index (κ3) is 80.7. The molecule has 108 heavy (non-hydrogen) atoms. The number of aliphatic hydroxyl groups excluding tert-OH is 1. The summed E-state index contributed by atoms with van der Waals surface area (Å²) in [6.07, 6.45) is 71.0. The smallest absolute Gasteiger partial charge is 0.462 e. The molecule has 0 saturated heterocycles. The SMILES string of the molecule is CCCCCCCCCCCCCCCCCC(=O)O[C@H](COC(=O)CCCCCCCCCC(C)C)COP(=O)(O)OC[C@H](O)COP(=O)(O)OC[C@@H](COC(=O)CCCCCCCCCCCCCCCCCCCCC(C)C)OC(=O)CCCCCCCCCCCCCCCCCCCCC(C)CC. The second-order valence-electron chi connectivity index (χ2n) is 33.2. The summed E-state index contributed by atoms with van der Waals surface area (Å²) in [5.74, 6) is 0.297. The summed E-state index contributed by atoms with van der Waals surface area (Å²) in [5, 5.41) is 10.7. The Morgan fingerprint density at radius 1 is 0.269 bits per heavy atom. The zero-order chi connectivity index (χ0) is 79.3. The number of ether oxygens (including phenoxy) is 4. The van der Waals surface area contributed by atoms with Crippen molar-refractivity contribution in [3.05, 3.63) is 0 Å². The van der Waals surface area contributed by atoms with Crippen LogP contribution in [0.5, 0.6) is 0 Å². The summed E-state index contributed by atoms with van der Waals surface area (Å²) in [6, 6.07) is 0. The lowest BCUT2D eigenvalue weighted by atomic mass is 9.99. The van der Waals surface area contributed by atoms with E-state index in [1.54, 1.807) is 0 Å². The number of hydrogen-bond donors (Lipinski definition) is 3. The first-order valence-corrected chi connectivity index (χ1v) is 48.9. The number of carbonyl (C=O) groups excluding carboxylic acids is 4. The Hall–Kier alpha value is -1.94. The van der Waals surface area contributed by atoms with E-state index in [9.17, 15) is 43.2 Å². The molecule has 0 spiro atoms. The molecule has 6 atom stereocenters. The number of unbranched alkanes of at least 4 members (excludes halogenated alkanes) is 54. The molecule has 0 radical (unpaired) electrons. The van der Waals surface area contributed by atoms with Crippen molar-refractivity contribution in [2.24, 2.45) is 17.8 Å². The maximum atomic E-state index is 13.2. The van der Waals surface area contributed by atoms with Crippen LogP contribution in [0, 0.1) is 17.8 Å². The van der Waals surface area contributed by atoms with Gasteiger partial charge >= 0.3 is 39.5 Å². The van der Waals surface area contributed by atoms with E-state index < -0.39 is 97.5 Å². The summed E-state index contributed by atoms with van der Waals surface area (Å²) in [4.78, 5) is 73.3. The van der Waals surface area contributed by atoms with Crippen molar-refractivity contribution in [1.29, 1.82) is 0 Å². The lowest BCUT2D eigenvalue weighted by Crippen LogP contribution is -2.30. The normalized spacial score (nSPS) is 14.1. The van der Waals surface area contributed by atoms with E-state index >= 15 is 0 Å². The van der Waals surface area contributed by atoms with Gasteiger partial charge in [-0.15, -0.1) is 0 Å². The molecule has 0 fully saturated rings. The second-order valence-corrected chi connectivity index (χ2v) is 36.1. The van der Waals surface area contributed by atoms with E-state index in [-0.39, 0.29) is 25.7 Å². The van der Waals surface area contributed by atoms with Gasteiger partial charge in [-0.3, -0.25) is 37.3 Å². The number of phosphoric ester groups is 2. The third-order valence-electron chi connectivity index (χ3n) is 21.2. The fourth-order valence-electron chi connectivity index (χ4n) is 13.9. The molecule has 0 rings (SSSR count). The summed E-state index contributed by atoms with van der Waals surface area (Å²) in [7, 11) is -9.93. The van der Waals surface area contributed by atoms with Crippen molar-refractivity contribution < 1.29 is 80.2 Å². The molecule has 17 nitrogen and oxygen atoms in total. The Kier molecular flexibility index (Phi) is 77.5. The van der Waals surface area contributed by atoms with Crippen LogP contribution in [-0.4, -0.2) is 96.7 Å². The largest absolute Gasteiger partial charge is 0.472 e. The molecule has 0 aliphatic heterocycles. The van der Waals surface area contributed by atoms with Crippen LogP contribution in [0.15, 0.2) is 0 Å². The fourth-order valence-corrected chi connectivity index (χ4v) is 15.4. The molecule has 0 saturated carbocycles. The number of rotatable bonds is 87. The highest BCUT2D eigenvalue weighted by atomic mass is 31.2. The Labute approximate surface area is 664 Å². The summed E-state index contributed by atoms with van der Waals surface area (Å²) in [6.45, 7) is 12.0. The molecule has 0 amide bonds. The van der Waals surface area contributed by atoms with Crippen LogP contribution < -0.4 is 0 Å². The average Bonchev–Trinajstić information content (AvgIpc) is 0.900. The first-order valence-electron chi connectivity index (χ1n) is 45.9. The van der Waals surface area contributed by atoms with Crippen molar-refractivity contribution in [2.45, 2.75) is 491 Å². The minimum Gasteiger partial charge on any atom is -0.462 e. The first kappa shape index (κ1) is 106. The molecule has 0 aromatic rings. The van der Waals surface area contributed by atoms with Gasteiger partial charge in [0.15, 0.2) is 12.2 Å².